The third-order valence-corrected chi connectivity index (χ3v) is 21.0. The molecule has 470 valence electrons. The first-order valence-electron chi connectivity index (χ1n) is 34.9. The molecule has 0 radical (unpaired) electrons. The molecule has 16 aromatic carbocycles. The number of aromatic nitrogens is 1. The summed E-state index contributed by atoms with van der Waals surface area (Å²) in [5.74, 6) is 0. The predicted molar refractivity (Wildman–Crippen MR) is 427 cm³/mol. The lowest BCUT2D eigenvalue weighted by Gasteiger charge is -2.46. The van der Waals surface area contributed by atoms with Crippen molar-refractivity contribution < 1.29 is 0 Å². The quantitative estimate of drug-likeness (QED) is 0.0999. The summed E-state index contributed by atoms with van der Waals surface area (Å²) in [5, 5.41) is 7.33. The maximum absolute atomic E-state index is 2.72. The van der Waals surface area contributed by atoms with Gasteiger partial charge in [0.2, 0.25) is 0 Å². The fourth-order valence-corrected chi connectivity index (χ4v) is 16.4. The standard InChI is InChI=1S/C96H68BN3/c1-96(2,3)74-60-90-93-91(61-74)100(95-82(67-38-18-8-19-39-67)57-73(64-32-12-5-13-33-64)58-83(95)68-40-20-9-21-41-68)89-62-75(98-86-48-28-26-46-78(86)79-47-27-29-49-87(79)98)51-53-85(89)97(93)84-52-50-71(92-76-44-24-22-42-69(76)54-70-43-23-25-45-77(70)92)59-88(84)99(90)94-80(65-34-14-6-15-35-65)55-72(63-30-10-4-11-31-63)56-81(94)66-36-16-7-17-37-66/h4-62H,1-3H3. The molecule has 3 heterocycles. The van der Waals surface area contributed by atoms with E-state index in [4.69, 9.17) is 0 Å². The minimum absolute atomic E-state index is 0.241. The Labute approximate surface area is 584 Å². The molecule has 0 fully saturated rings. The van der Waals surface area contributed by atoms with Crippen molar-refractivity contribution in [1.82, 2.24) is 4.57 Å². The second-order valence-corrected chi connectivity index (χ2v) is 27.9. The van der Waals surface area contributed by atoms with Gasteiger partial charge in [-0.2, -0.15) is 0 Å². The van der Waals surface area contributed by atoms with Crippen LogP contribution in [0.1, 0.15) is 26.3 Å². The summed E-state index contributed by atoms with van der Waals surface area (Å²) >= 11 is 0. The SMILES string of the molecule is CC(C)(C)c1cc2c3c(c1)N(c1c(-c4ccccc4)cc(-c4ccccc4)cc1-c1ccccc1)c1cc(-n4c5ccccc5c5ccccc54)ccc1B3c1ccc(-c3c4ccccc4cc4ccccc34)cc1N2c1c(-c2ccccc2)cc(-c2ccccc2)cc1-c1ccccc1. The van der Waals surface area contributed by atoms with Crippen molar-refractivity contribution in [2.75, 3.05) is 9.80 Å². The molecule has 0 aliphatic carbocycles. The summed E-state index contributed by atoms with van der Waals surface area (Å²) in [5.41, 5.74) is 30.9. The largest absolute Gasteiger partial charge is 0.310 e. The van der Waals surface area contributed by atoms with Crippen molar-refractivity contribution >= 4 is 101 Å². The molecule has 0 atom stereocenters. The second-order valence-electron chi connectivity index (χ2n) is 27.9. The number of hydrogen-bond acceptors (Lipinski definition) is 2. The summed E-state index contributed by atoms with van der Waals surface area (Å²) in [6.07, 6.45) is 0. The molecule has 0 saturated carbocycles. The van der Waals surface area contributed by atoms with Crippen LogP contribution in [0.2, 0.25) is 0 Å². The number of hydrogen-bond donors (Lipinski definition) is 0. The number of benzene rings is 16. The Morgan fingerprint density at radius 1 is 0.260 bits per heavy atom. The lowest BCUT2D eigenvalue weighted by molar-refractivity contribution is 0.590. The average Bonchev–Trinajstić information content (AvgIpc) is 0.803. The fourth-order valence-electron chi connectivity index (χ4n) is 16.4. The Hall–Kier alpha value is -12.5. The molecule has 0 N–H and O–H groups in total. The molecule has 0 spiro atoms. The molecule has 0 unspecified atom stereocenters. The molecule has 0 bridgehead atoms. The molecule has 4 heteroatoms. The van der Waals surface area contributed by atoms with E-state index in [0.717, 1.165) is 112 Å². The highest BCUT2D eigenvalue weighted by molar-refractivity contribution is 7.00. The van der Waals surface area contributed by atoms with Crippen LogP contribution in [0.5, 0.6) is 0 Å². The minimum atomic E-state index is -0.336. The third kappa shape index (κ3) is 9.65. The molecular weight excluding hydrogens is 1210 g/mol. The second kappa shape index (κ2) is 23.7. The number of anilines is 6. The van der Waals surface area contributed by atoms with E-state index < -0.39 is 0 Å². The van der Waals surface area contributed by atoms with Crippen LogP contribution in [0.3, 0.4) is 0 Å². The molecule has 1 aromatic heterocycles. The van der Waals surface area contributed by atoms with Gasteiger partial charge in [-0.3, -0.25) is 0 Å². The molecular formula is C96H68BN3. The van der Waals surface area contributed by atoms with Crippen molar-refractivity contribution in [3.63, 3.8) is 0 Å². The summed E-state index contributed by atoms with van der Waals surface area (Å²) in [4.78, 5) is 5.44. The molecule has 3 nitrogen and oxygen atoms in total. The molecule has 0 saturated heterocycles. The van der Waals surface area contributed by atoms with Gasteiger partial charge in [-0.1, -0.05) is 306 Å². The van der Waals surface area contributed by atoms with Crippen LogP contribution in [-0.4, -0.2) is 11.3 Å². The van der Waals surface area contributed by atoms with E-state index in [1.165, 1.54) is 70.9 Å². The average molecular weight is 1270 g/mol. The summed E-state index contributed by atoms with van der Waals surface area (Å²) in [6.45, 7) is 6.94. The highest BCUT2D eigenvalue weighted by Gasteiger charge is 2.46. The van der Waals surface area contributed by atoms with Crippen LogP contribution in [0.15, 0.2) is 358 Å². The molecule has 19 rings (SSSR count). The van der Waals surface area contributed by atoms with E-state index in [2.05, 4.69) is 393 Å². The van der Waals surface area contributed by atoms with E-state index in [1.807, 2.05) is 0 Å². The van der Waals surface area contributed by atoms with Crippen molar-refractivity contribution in [2.24, 2.45) is 0 Å². The van der Waals surface area contributed by atoms with E-state index in [1.54, 1.807) is 0 Å². The van der Waals surface area contributed by atoms with E-state index in [9.17, 15) is 0 Å². The van der Waals surface area contributed by atoms with Gasteiger partial charge in [0.15, 0.2) is 0 Å². The molecule has 17 aromatic rings. The Morgan fingerprint density at radius 2 is 0.610 bits per heavy atom. The maximum Gasteiger partial charge on any atom is 0.252 e. The highest BCUT2D eigenvalue weighted by atomic mass is 15.2. The van der Waals surface area contributed by atoms with Crippen LogP contribution < -0.4 is 26.2 Å². The predicted octanol–water partition coefficient (Wildman–Crippen LogP) is 24.1. The topological polar surface area (TPSA) is 11.4 Å². The highest BCUT2D eigenvalue weighted by Crippen LogP contribution is 2.56. The Morgan fingerprint density at radius 3 is 1.02 bits per heavy atom. The van der Waals surface area contributed by atoms with E-state index in [-0.39, 0.29) is 12.1 Å². The first-order chi connectivity index (χ1) is 49.3. The van der Waals surface area contributed by atoms with Gasteiger partial charge in [0.05, 0.1) is 22.4 Å². The first-order valence-corrected chi connectivity index (χ1v) is 34.9. The van der Waals surface area contributed by atoms with Crippen LogP contribution in [0.25, 0.3) is 127 Å². The zero-order valence-electron chi connectivity index (χ0n) is 56.0. The van der Waals surface area contributed by atoms with Crippen molar-refractivity contribution in [1.29, 1.82) is 0 Å². The van der Waals surface area contributed by atoms with Crippen LogP contribution in [0, 0.1) is 0 Å². The maximum atomic E-state index is 2.72. The van der Waals surface area contributed by atoms with Crippen molar-refractivity contribution in [2.45, 2.75) is 26.2 Å². The van der Waals surface area contributed by atoms with E-state index >= 15 is 0 Å². The van der Waals surface area contributed by atoms with Crippen LogP contribution in [-0.2, 0) is 5.41 Å². The number of rotatable bonds is 10. The van der Waals surface area contributed by atoms with Crippen LogP contribution in [0.4, 0.5) is 34.1 Å². The third-order valence-electron chi connectivity index (χ3n) is 21.0. The van der Waals surface area contributed by atoms with Gasteiger partial charge in [0.1, 0.15) is 0 Å². The van der Waals surface area contributed by atoms with E-state index in [0.29, 0.717) is 0 Å². The molecule has 0 amide bonds. The van der Waals surface area contributed by atoms with Gasteiger partial charge in [-0.25, -0.2) is 0 Å². The smallest absolute Gasteiger partial charge is 0.252 e. The summed E-state index contributed by atoms with van der Waals surface area (Å²) < 4.78 is 2.50. The molecule has 100 heavy (non-hydrogen) atoms. The van der Waals surface area contributed by atoms with Gasteiger partial charge >= 0.3 is 0 Å². The molecule has 2 aliphatic rings. The van der Waals surface area contributed by atoms with Crippen molar-refractivity contribution in [3.8, 4) is 83.6 Å². The van der Waals surface area contributed by atoms with Gasteiger partial charge < -0.3 is 14.4 Å². The van der Waals surface area contributed by atoms with Gasteiger partial charge in [0, 0.05) is 61.5 Å². The summed E-state index contributed by atoms with van der Waals surface area (Å²) in [7, 11) is 0. The monoisotopic (exact) mass is 1270 g/mol. The van der Waals surface area contributed by atoms with Gasteiger partial charge in [0.25, 0.3) is 6.71 Å². The minimum Gasteiger partial charge on any atom is -0.310 e. The zero-order valence-corrected chi connectivity index (χ0v) is 56.0. The van der Waals surface area contributed by atoms with Gasteiger partial charge in [-0.05, 0) is 177 Å². The van der Waals surface area contributed by atoms with Crippen molar-refractivity contribution in [3.05, 3.63) is 363 Å². The Kier molecular flexibility index (Phi) is 13.9. The molecule has 2 aliphatic heterocycles. The summed E-state index contributed by atoms with van der Waals surface area (Å²) in [6, 6.07) is 134. The van der Waals surface area contributed by atoms with Gasteiger partial charge in [-0.15, -0.1) is 0 Å². The van der Waals surface area contributed by atoms with Crippen LogP contribution >= 0.6 is 0 Å². The normalized spacial score (nSPS) is 12.5. The number of nitrogens with zero attached hydrogens (tertiary/aromatic N) is 3. The Bertz CT molecular complexity index is 5830. The Balaban J connectivity index is 1.00. The fraction of sp³-hybridized carbons (Fsp3) is 0.0417. The zero-order chi connectivity index (χ0) is 66.6. The first kappa shape index (κ1) is 58.8. The number of fused-ring (bicyclic) bond motifs is 9. The lowest BCUT2D eigenvalue weighted by atomic mass is 9.33. The lowest BCUT2D eigenvalue weighted by Crippen LogP contribution is -2.61. The number of para-hydroxylation sites is 2.